The number of carbonyl (C=O) groups excluding carboxylic acids is 1. The zero-order chi connectivity index (χ0) is 30.6. The Labute approximate surface area is 270 Å². The first kappa shape index (κ1) is 30.5. The topological polar surface area (TPSA) is 55.8 Å². The van der Waals surface area contributed by atoms with Crippen molar-refractivity contribution in [2.24, 2.45) is 0 Å². The number of aryl methyl sites for hydroxylation is 1. The van der Waals surface area contributed by atoms with Crippen molar-refractivity contribution in [1.82, 2.24) is 10.2 Å². The van der Waals surface area contributed by atoms with E-state index in [1.807, 2.05) is 36.4 Å². The van der Waals surface area contributed by atoms with Gasteiger partial charge in [0.1, 0.15) is 5.75 Å². The van der Waals surface area contributed by atoms with Crippen LogP contribution in [0.15, 0.2) is 84.9 Å². The number of benzene rings is 4. The fourth-order valence-electron chi connectivity index (χ4n) is 6.62. The average molecular weight is 629 g/mol. The fraction of sp³-hybridized carbons (Fsp3) is 0.324. The van der Waals surface area contributed by atoms with Crippen molar-refractivity contribution in [3.05, 3.63) is 117 Å². The van der Waals surface area contributed by atoms with E-state index in [-0.39, 0.29) is 23.7 Å². The Morgan fingerprint density at radius 1 is 0.886 bits per heavy atom. The van der Waals surface area contributed by atoms with Gasteiger partial charge in [0, 0.05) is 43.3 Å². The highest BCUT2D eigenvalue weighted by Gasteiger charge is 2.30. The first-order valence-electron chi connectivity index (χ1n) is 15.7. The number of halogens is 2. The van der Waals surface area contributed by atoms with Crippen molar-refractivity contribution in [3.63, 3.8) is 0 Å². The summed E-state index contributed by atoms with van der Waals surface area (Å²) in [5.41, 5.74) is 6.82. The molecule has 1 aliphatic heterocycles. The second kappa shape index (κ2) is 13.6. The second-order valence-corrected chi connectivity index (χ2v) is 12.7. The van der Waals surface area contributed by atoms with E-state index in [1.165, 1.54) is 5.56 Å². The van der Waals surface area contributed by atoms with E-state index in [1.54, 1.807) is 12.1 Å². The molecule has 1 unspecified atom stereocenters. The van der Waals surface area contributed by atoms with Crippen LogP contribution >= 0.6 is 23.2 Å². The minimum Gasteiger partial charge on any atom is -0.508 e. The van der Waals surface area contributed by atoms with Crippen molar-refractivity contribution >= 4 is 34.8 Å². The predicted molar refractivity (Wildman–Crippen MR) is 181 cm³/mol. The third-order valence-electron chi connectivity index (χ3n) is 9.12. The lowest BCUT2D eigenvalue weighted by molar-refractivity contribution is 0.0937. The number of anilines is 1. The van der Waals surface area contributed by atoms with E-state index in [0.717, 1.165) is 86.2 Å². The summed E-state index contributed by atoms with van der Waals surface area (Å²) in [5, 5.41) is 15.7. The van der Waals surface area contributed by atoms with E-state index < -0.39 is 0 Å². The standard InChI is InChI=1S/C37H39Cl2N3O2/c1-2-25-13-15-26(16-14-25)27-17-18-34(43)31(24-27)36(28-7-5-8-29(23-28)37(44)40-30-9-3-4-10-30)42-21-19-41(20-22-42)33-12-6-11-32(38)35(33)39/h5-8,11-18,23-24,30,36,43H,2-4,9-10,19-22H2,1H3,(H,40,44). The number of nitrogens with zero attached hydrogens (tertiary/aromatic N) is 2. The van der Waals surface area contributed by atoms with E-state index in [9.17, 15) is 9.90 Å². The molecule has 2 aliphatic rings. The Bertz CT molecular complexity index is 1610. The zero-order valence-electron chi connectivity index (χ0n) is 25.1. The van der Waals surface area contributed by atoms with Gasteiger partial charge in [0.25, 0.3) is 5.91 Å². The van der Waals surface area contributed by atoms with Crippen molar-refractivity contribution in [2.45, 2.75) is 51.1 Å². The number of hydrogen-bond donors (Lipinski definition) is 2. The Morgan fingerprint density at radius 2 is 1.59 bits per heavy atom. The summed E-state index contributed by atoms with van der Waals surface area (Å²) in [6, 6.07) is 28.1. The summed E-state index contributed by atoms with van der Waals surface area (Å²) >= 11 is 12.9. The maximum atomic E-state index is 13.3. The van der Waals surface area contributed by atoms with Crippen LogP contribution in [0, 0.1) is 0 Å². The molecule has 1 amide bonds. The van der Waals surface area contributed by atoms with Crippen LogP contribution in [-0.2, 0) is 6.42 Å². The molecule has 228 valence electrons. The van der Waals surface area contributed by atoms with Gasteiger partial charge in [-0.1, -0.05) is 91.5 Å². The second-order valence-electron chi connectivity index (χ2n) is 11.9. The molecule has 6 rings (SSSR count). The molecule has 0 radical (unpaired) electrons. The molecule has 1 saturated carbocycles. The van der Waals surface area contributed by atoms with Crippen molar-refractivity contribution in [3.8, 4) is 16.9 Å². The minimum atomic E-state index is -0.249. The van der Waals surface area contributed by atoms with Crippen LogP contribution in [0.4, 0.5) is 5.69 Å². The van der Waals surface area contributed by atoms with Crippen LogP contribution in [-0.4, -0.2) is 48.1 Å². The fourth-order valence-corrected chi connectivity index (χ4v) is 7.03. The highest BCUT2D eigenvalue weighted by atomic mass is 35.5. The van der Waals surface area contributed by atoms with Crippen LogP contribution in [0.5, 0.6) is 5.75 Å². The third-order valence-corrected chi connectivity index (χ3v) is 9.93. The number of rotatable bonds is 8. The highest BCUT2D eigenvalue weighted by molar-refractivity contribution is 6.43. The summed E-state index contributed by atoms with van der Waals surface area (Å²) in [7, 11) is 0. The smallest absolute Gasteiger partial charge is 0.251 e. The van der Waals surface area contributed by atoms with Gasteiger partial charge in [0.15, 0.2) is 0 Å². The van der Waals surface area contributed by atoms with Crippen LogP contribution in [0.1, 0.15) is 65.7 Å². The number of phenols is 1. The van der Waals surface area contributed by atoms with Crippen molar-refractivity contribution in [2.75, 3.05) is 31.1 Å². The van der Waals surface area contributed by atoms with E-state index in [2.05, 4.69) is 58.4 Å². The Hall–Kier alpha value is -3.51. The molecule has 1 aliphatic carbocycles. The molecule has 4 aromatic rings. The first-order valence-corrected chi connectivity index (χ1v) is 16.4. The maximum Gasteiger partial charge on any atom is 0.251 e. The third kappa shape index (κ3) is 6.61. The van der Waals surface area contributed by atoms with Gasteiger partial charge in [0.05, 0.1) is 21.8 Å². The SMILES string of the molecule is CCc1ccc(-c2ccc(O)c(C(c3cccc(C(=O)NC4CCCC4)c3)N3CCN(c4cccc(Cl)c4Cl)CC3)c2)cc1. The summed E-state index contributed by atoms with van der Waals surface area (Å²) < 4.78 is 0. The van der Waals surface area contributed by atoms with E-state index in [0.29, 0.717) is 15.6 Å². The molecule has 0 spiro atoms. The molecule has 1 heterocycles. The maximum absolute atomic E-state index is 13.3. The minimum absolute atomic E-state index is 0.0353. The molecule has 5 nitrogen and oxygen atoms in total. The van der Waals surface area contributed by atoms with E-state index in [4.69, 9.17) is 23.2 Å². The lowest BCUT2D eigenvalue weighted by Gasteiger charge is -2.41. The van der Waals surface area contributed by atoms with Crippen molar-refractivity contribution in [1.29, 1.82) is 0 Å². The lowest BCUT2D eigenvalue weighted by Crippen LogP contribution is -2.48. The van der Waals surface area contributed by atoms with Gasteiger partial charge in [0.2, 0.25) is 0 Å². The molecule has 4 aromatic carbocycles. The number of piperazine rings is 1. The van der Waals surface area contributed by atoms with Gasteiger partial charge in [-0.2, -0.15) is 0 Å². The summed E-state index contributed by atoms with van der Waals surface area (Å²) in [4.78, 5) is 18.0. The molecule has 1 atom stereocenters. The Morgan fingerprint density at radius 3 is 2.32 bits per heavy atom. The number of hydrogen-bond acceptors (Lipinski definition) is 4. The molecule has 1 saturated heterocycles. The molecule has 0 bridgehead atoms. The van der Waals surface area contributed by atoms with E-state index >= 15 is 0 Å². The summed E-state index contributed by atoms with van der Waals surface area (Å²) in [6.45, 7) is 5.12. The van der Waals surface area contributed by atoms with Gasteiger partial charge in [-0.15, -0.1) is 0 Å². The van der Waals surface area contributed by atoms with Crippen LogP contribution in [0.3, 0.4) is 0 Å². The summed E-state index contributed by atoms with van der Waals surface area (Å²) in [6.07, 6.45) is 5.39. The zero-order valence-corrected chi connectivity index (χ0v) is 26.6. The number of phenolic OH excluding ortho intramolecular Hbond substituents is 1. The van der Waals surface area contributed by atoms with Gasteiger partial charge < -0.3 is 15.3 Å². The molecule has 2 fully saturated rings. The van der Waals surface area contributed by atoms with Gasteiger partial charge >= 0.3 is 0 Å². The summed E-state index contributed by atoms with van der Waals surface area (Å²) in [5.74, 6) is 0.206. The van der Waals surface area contributed by atoms with Crippen LogP contribution in [0.2, 0.25) is 10.0 Å². The van der Waals surface area contributed by atoms with Gasteiger partial charge in [-0.3, -0.25) is 9.69 Å². The molecule has 2 N–H and O–H groups in total. The van der Waals surface area contributed by atoms with Crippen molar-refractivity contribution < 1.29 is 9.90 Å². The largest absolute Gasteiger partial charge is 0.508 e. The highest BCUT2D eigenvalue weighted by Crippen LogP contribution is 2.39. The monoisotopic (exact) mass is 627 g/mol. The predicted octanol–water partition coefficient (Wildman–Crippen LogP) is 8.51. The lowest BCUT2D eigenvalue weighted by atomic mass is 9.91. The van der Waals surface area contributed by atoms with Crippen LogP contribution in [0.25, 0.3) is 11.1 Å². The van der Waals surface area contributed by atoms with Gasteiger partial charge in [-0.05, 0) is 77.9 Å². The number of nitrogens with one attached hydrogen (secondary N) is 1. The molecular weight excluding hydrogens is 589 g/mol. The Kier molecular flexibility index (Phi) is 9.46. The number of amides is 1. The molecule has 0 aromatic heterocycles. The quantitative estimate of drug-likeness (QED) is 0.206. The number of carbonyl (C=O) groups is 1. The normalized spacial score (nSPS) is 16.7. The number of aromatic hydroxyl groups is 1. The molecule has 7 heteroatoms. The average Bonchev–Trinajstić information content (AvgIpc) is 3.57. The van der Waals surface area contributed by atoms with Crippen LogP contribution < -0.4 is 10.2 Å². The molecular formula is C37H39Cl2N3O2. The first-order chi connectivity index (χ1) is 21.4. The molecule has 44 heavy (non-hydrogen) atoms. The van der Waals surface area contributed by atoms with Gasteiger partial charge in [-0.25, -0.2) is 0 Å². The Balaban J connectivity index is 1.34.